The zero-order valence-electron chi connectivity index (χ0n) is 14.8. The number of hydrogen-bond acceptors (Lipinski definition) is 5. The Labute approximate surface area is 159 Å². The van der Waals surface area contributed by atoms with Gasteiger partial charge >= 0.3 is 0 Å². The van der Waals surface area contributed by atoms with E-state index < -0.39 is 0 Å². The van der Waals surface area contributed by atoms with Gasteiger partial charge in [-0.1, -0.05) is 35.5 Å². The van der Waals surface area contributed by atoms with Crippen molar-refractivity contribution in [3.8, 4) is 0 Å². The molecule has 1 amide bonds. The predicted molar refractivity (Wildman–Crippen MR) is 99.6 cm³/mol. The van der Waals surface area contributed by atoms with Crippen molar-refractivity contribution in [1.82, 2.24) is 15.5 Å². The van der Waals surface area contributed by atoms with Gasteiger partial charge in [0.05, 0.1) is 5.92 Å². The van der Waals surface area contributed by atoms with Gasteiger partial charge in [-0.05, 0) is 43.6 Å². The van der Waals surface area contributed by atoms with E-state index in [1.807, 2.05) is 37.3 Å². The van der Waals surface area contributed by atoms with Crippen molar-refractivity contribution >= 4 is 18.3 Å². The van der Waals surface area contributed by atoms with Crippen molar-refractivity contribution in [1.29, 1.82) is 0 Å². The van der Waals surface area contributed by atoms with Crippen LogP contribution in [0.3, 0.4) is 0 Å². The van der Waals surface area contributed by atoms with Crippen LogP contribution in [0.5, 0.6) is 0 Å². The average Bonchev–Trinajstić information content (AvgIpc) is 3.31. The van der Waals surface area contributed by atoms with Gasteiger partial charge in [0.25, 0.3) is 0 Å². The Morgan fingerprint density at radius 2 is 2.04 bits per heavy atom. The van der Waals surface area contributed by atoms with Gasteiger partial charge in [-0.15, -0.1) is 12.4 Å². The Morgan fingerprint density at radius 1 is 1.31 bits per heavy atom. The number of halogens is 1. The first-order valence-corrected chi connectivity index (χ1v) is 9.04. The number of fused-ring (bicyclic) bond motifs is 2. The molecule has 2 aromatic rings. The summed E-state index contributed by atoms with van der Waals surface area (Å²) in [6, 6.07) is 9.67. The van der Waals surface area contributed by atoms with Crippen molar-refractivity contribution in [2.24, 2.45) is 23.5 Å². The van der Waals surface area contributed by atoms with Crippen LogP contribution in [0.4, 0.5) is 0 Å². The standard InChI is InChI=1S/C19H24N4O2.ClH/c1-11(21-18(24)16-13-7-8-14(10-13)17(16)20)19-22-15(23-25-19)9-12-5-3-2-4-6-12;/h2-6,11,13-14,16-17H,7-10,20H2,1H3,(H,21,24);1H. The summed E-state index contributed by atoms with van der Waals surface area (Å²) in [6.07, 6.45) is 3.99. The molecule has 2 saturated carbocycles. The van der Waals surface area contributed by atoms with E-state index in [9.17, 15) is 4.79 Å². The topological polar surface area (TPSA) is 94.0 Å². The minimum absolute atomic E-state index is 0. The van der Waals surface area contributed by atoms with Gasteiger partial charge in [0, 0.05) is 12.5 Å². The average molecular weight is 377 g/mol. The fourth-order valence-electron chi connectivity index (χ4n) is 4.39. The number of nitrogens with zero attached hydrogens (tertiary/aromatic N) is 2. The second-order valence-electron chi connectivity index (χ2n) is 7.38. The number of carbonyl (C=O) groups is 1. The molecule has 0 spiro atoms. The number of nitrogens with one attached hydrogen (secondary N) is 1. The van der Waals surface area contributed by atoms with E-state index in [0.29, 0.717) is 30.0 Å². The molecule has 2 aliphatic carbocycles. The fraction of sp³-hybridized carbons (Fsp3) is 0.526. The molecule has 140 valence electrons. The lowest BCUT2D eigenvalue weighted by molar-refractivity contribution is -0.127. The molecule has 5 unspecified atom stereocenters. The summed E-state index contributed by atoms with van der Waals surface area (Å²) in [5, 5.41) is 7.04. The molecule has 1 aromatic carbocycles. The molecular weight excluding hydrogens is 352 g/mol. The van der Waals surface area contributed by atoms with Gasteiger partial charge in [-0.2, -0.15) is 4.98 Å². The minimum atomic E-state index is -0.309. The highest BCUT2D eigenvalue weighted by atomic mass is 35.5. The zero-order valence-corrected chi connectivity index (χ0v) is 15.6. The number of carbonyl (C=O) groups excluding carboxylic acids is 1. The lowest BCUT2D eigenvalue weighted by Crippen LogP contribution is -2.45. The van der Waals surface area contributed by atoms with Gasteiger partial charge in [-0.25, -0.2) is 0 Å². The highest BCUT2D eigenvalue weighted by molar-refractivity contribution is 5.85. The molecule has 3 N–H and O–H groups in total. The predicted octanol–water partition coefficient (Wildman–Crippen LogP) is 2.63. The zero-order chi connectivity index (χ0) is 17.4. The second-order valence-corrected chi connectivity index (χ2v) is 7.38. The van der Waals surface area contributed by atoms with Crippen LogP contribution in [0.25, 0.3) is 0 Å². The number of rotatable bonds is 5. The summed E-state index contributed by atoms with van der Waals surface area (Å²) < 4.78 is 5.34. The highest BCUT2D eigenvalue weighted by Crippen LogP contribution is 2.47. The van der Waals surface area contributed by atoms with Gasteiger partial charge in [-0.3, -0.25) is 4.79 Å². The van der Waals surface area contributed by atoms with Crippen LogP contribution >= 0.6 is 12.4 Å². The highest BCUT2D eigenvalue weighted by Gasteiger charge is 2.49. The number of hydrogen-bond donors (Lipinski definition) is 2. The fourth-order valence-corrected chi connectivity index (χ4v) is 4.39. The normalized spacial score (nSPS) is 27.8. The Morgan fingerprint density at radius 3 is 2.73 bits per heavy atom. The Kier molecular flexibility index (Phi) is 5.63. The van der Waals surface area contributed by atoms with Crippen LogP contribution < -0.4 is 11.1 Å². The smallest absolute Gasteiger partial charge is 0.248 e. The van der Waals surface area contributed by atoms with E-state index in [4.69, 9.17) is 10.3 Å². The number of nitrogens with two attached hydrogens (primary N) is 1. The molecule has 5 atom stereocenters. The van der Waals surface area contributed by atoms with Crippen LogP contribution in [0.1, 0.15) is 49.5 Å². The van der Waals surface area contributed by atoms with Crippen LogP contribution in [0.2, 0.25) is 0 Å². The molecular formula is C19H25ClN4O2. The van der Waals surface area contributed by atoms with Gasteiger partial charge in [0.2, 0.25) is 11.8 Å². The molecule has 1 heterocycles. The van der Waals surface area contributed by atoms with E-state index in [2.05, 4.69) is 15.5 Å². The number of benzene rings is 1. The first-order chi connectivity index (χ1) is 12.1. The molecule has 7 heteroatoms. The van der Waals surface area contributed by atoms with E-state index in [1.54, 1.807) is 0 Å². The molecule has 1 aromatic heterocycles. The molecule has 26 heavy (non-hydrogen) atoms. The molecule has 2 bridgehead atoms. The van der Waals surface area contributed by atoms with Crippen LogP contribution in [-0.4, -0.2) is 22.1 Å². The minimum Gasteiger partial charge on any atom is -0.344 e. The first kappa shape index (κ1) is 18.9. The Hall–Kier alpha value is -1.92. The van der Waals surface area contributed by atoms with Gasteiger partial charge in [0.1, 0.15) is 6.04 Å². The van der Waals surface area contributed by atoms with E-state index in [1.165, 1.54) is 0 Å². The maximum absolute atomic E-state index is 12.6. The molecule has 0 saturated heterocycles. The van der Waals surface area contributed by atoms with Crippen LogP contribution in [-0.2, 0) is 11.2 Å². The lowest BCUT2D eigenvalue weighted by Gasteiger charge is -2.27. The maximum Gasteiger partial charge on any atom is 0.248 e. The van der Waals surface area contributed by atoms with Crippen molar-refractivity contribution in [3.63, 3.8) is 0 Å². The summed E-state index contributed by atoms with van der Waals surface area (Å²) in [5.74, 6) is 1.96. The molecule has 2 aliphatic rings. The monoisotopic (exact) mass is 376 g/mol. The van der Waals surface area contributed by atoms with Crippen molar-refractivity contribution in [2.75, 3.05) is 0 Å². The van der Waals surface area contributed by atoms with Crippen molar-refractivity contribution < 1.29 is 9.32 Å². The number of amides is 1. The van der Waals surface area contributed by atoms with Gasteiger partial charge < -0.3 is 15.6 Å². The number of aromatic nitrogens is 2. The van der Waals surface area contributed by atoms with Crippen molar-refractivity contribution in [2.45, 2.75) is 44.7 Å². The lowest BCUT2D eigenvalue weighted by atomic mass is 9.84. The molecule has 6 nitrogen and oxygen atoms in total. The Bertz CT molecular complexity index is 749. The summed E-state index contributed by atoms with van der Waals surface area (Å²) in [4.78, 5) is 17.1. The van der Waals surface area contributed by atoms with Crippen LogP contribution in [0.15, 0.2) is 34.9 Å². The maximum atomic E-state index is 12.6. The van der Waals surface area contributed by atoms with E-state index in [0.717, 1.165) is 24.8 Å². The SMILES string of the molecule is CC(NC(=O)C1C2CCC(C2)C1N)c1nc(Cc2ccccc2)no1.Cl. The van der Waals surface area contributed by atoms with Crippen LogP contribution in [0, 0.1) is 17.8 Å². The Balaban J connectivity index is 0.00000196. The summed E-state index contributed by atoms with van der Waals surface area (Å²) >= 11 is 0. The largest absolute Gasteiger partial charge is 0.344 e. The van der Waals surface area contributed by atoms with E-state index in [-0.39, 0.29) is 36.3 Å². The third-order valence-corrected chi connectivity index (χ3v) is 5.70. The third kappa shape index (κ3) is 3.62. The molecule has 0 radical (unpaired) electrons. The molecule has 0 aliphatic heterocycles. The quantitative estimate of drug-likeness (QED) is 0.836. The van der Waals surface area contributed by atoms with Gasteiger partial charge in [0.15, 0.2) is 5.82 Å². The summed E-state index contributed by atoms with van der Waals surface area (Å²) in [7, 11) is 0. The molecule has 2 fully saturated rings. The molecule has 4 rings (SSSR count). The second kappa shape index (κ2) is 7.76. The summed E-state index contributed by atoms with van der Waals surface area (Å²) in [5.41, 5.74) is 7.38. The third-order valence-electron chi connectivity index (χ3n) is 5.70. The van der Waals surface area contributed by atoms with Crippen molar-refractivity contribution in [3.05, 3.63) is 47.6 Å². The first-order valence-electron chi connectivity index (χ1n) is 9.04. The van der Waals surface area contributed by atoms with E-state index >= 15 is 0 Å². The summed E-state index contributed by atoms with van der Waals surface area (Å²) in [6.45, 7) is 1.87.